The Morgan fingerprint density at radius 1 is 1.12 bits per heavy atom. The SMILES string of the molecule is Cc1[nH]c2ccccc2c1C(=O)NC1CCC(/C(=N/OCC2CC2)c2cccnn2)CC1. The largest absolute Gasteiger partial charge is 0.395 e. The number of H-pyrrole nitrogens is 1. The number of hydrogen-bond donors (Lipinski definition) is 2. The normalized spacial score (nSPS) is 21.5. The summed E-state index contributed by atoms with van der Waals surface area (Å²) in [6.45, 7) is 2.64. The number of oxime groups is 1. The summed E-state index contributed by atoms with van der Waals surface area (Å²) in [5, 5.41) is 17.0. The maximum Gasteiger partial charge on any atom is 0.253 e. The second-order valence-electron chi connectivity index (χ2n) is 9.02. The fourth-order valence-corrected chi connectivity index (χ4v) is 4.60. The van der Waals surface area contributed by atoms with E-state index >= 15 is 0 Å². The molecule has 0 atom stereocenters. The predicted molar refractivity (Wildman–Crippen MR) is 123 cm³/mol. The molecule has 32 heavy (non-hydrogen) atoms. The number of benzene rings is 1. The Bertz CT molecular complexity index is 1110. The molecule has 2 N–H and O–H groups in total. The van der Waals surface area contributed by atoms with Crippen molar-refractivity contribution < 1.29 is 9.63 Å². The molecule has 2 fully saturated rings. The zero-order chi connectivity index (χ0) is 21.9. The maximum atomic E-state index is 13.1. The van der Waals surface area contributed by atoms with Crippen LogP contribution in [0.5, 0.6) is 0 Å². The lowest BCUT2D eigenvalue weighted by Gasteiger charge is -2.29. The van der Waals surface area contributed by atoms with Crippen LogP contribution < -0.4 is 5.32 Å². The van der Waals surface area contributed by atoms with Gasteiger partial charge in [-0.05, 0) is 69.6 Å². The van der Waals surface area contributed by atoms with Crippen molar-refractivity contribution in [3.8, 4) is 0 Å². The zero-order valence-corrected chi connectivity index (χ0v) is 18.4. The highest BCUT2D eigenvalue weighted by atomic mass is 16.6. The van der Waals surface area contributed by atoms with E-state index in [1.54, 1.807) is 6.20 Å². The topological polar surface area (TPSA) is 92.3 Å². The van der Waals surface area contributed by atoms with Crippen molar-refractivity contribution in [1.29, 1.82) is 0 Å². The van der Waals surface area contributed by atoms with Crippen LogP contribution in [0.1, 0.15) is 60.3 Å². The molecule has 0 aliphatic heterocycles. The van der Waals surface area contributed by atoms with Crippen LogP contribution in [0.2, 0.25) is 0 Å². The fourth-order valence-electron chi connectivity index (χ4n) is 4.60. The summed E-state index contributed by atoms with van der Waals surface area (Å²) >= 11 is 0. The molecule has 7 nitrogen and oxygen atoms in total. The molecule has 5 rings (SSSR count). The number of para-hydroxylation sites is 1. The molecule has 0 saturated heterocycles. The van der Waals surface area contributed by atoms with Gasteiger partial charge >= 0.3 is 0 Å². The minimum absolute atomic E-state index is 0.000941. The van der Waals surface area contributed by atoms with Gasteiger partial charge in [-0.2, -0.15) is 5.10 Å². The van der Waals surface area contributed by atoms with E-state index in [0.29, 0.717) is 12.5 Å². The van der Waals surface area contributed by atoms with Crippen molar-refractivity contribution >= 4 is 22.5 Å². The van der Waals surface area contributed by atoms with Gasteiger partial charge in [0, 0.05) is 34.8 Å². The van der Waals surface area contributed by atoms with Gasteiger partial charge in [0.05, 0.1) is 5.56 Å². The summed E-state index contributed by atoms with van der Waals surface area (Å²) in [6.07, 6.45) is 7.80. The van der Waals surface area contributed by atoms with E-state index in [2.05, 4.69) is 25.7 Å². The lowest BCUT2D eigenvalue weighted by molar-refractivity contribution is 0.0925. The van der Waals surface area contributed by atoms with Crippen LogP contribution in [-0.4, -0.2) is 39.4 Å². The van der Waals surface area contributed by atoms with Crippen LogP contribution >= 0.6 is 0 Å². The first kappa shape index (κ1) is 20.7. The number of carbonyl (C=O) groups is 1. The quantitative estimate of drug-likeness (QED) is 0.429. The Balaban J connectivity index is 1.24. The monoisotopic (exact) mass is 431 g/mol. The van der Waals surface area contributed by atoms with Gasteiger partial charge in [0.15, 0.2) is 0 Å². The zero-order valence-electron chi connectivity index (χ0n) is 18.4. The molecule has 7 heteroatoms. The third-order valence-corrected chi connectivity index (χ3v) is 6.57. The summed E-state index contributed by atoms with van der Waals surface area (Å²) in [7, 11) is 0. The molecule has 2 heterocycles. The number of carbonyl (C=O) groups excluding carboxylic acids is 1. The summed E-state index contributed by atoms with van der Waals surface area (Å²) in [4.78, 5) is 22.0. The lowest BCUT2D eigenvalue weighted by atomic mass is 9.82. The molecule has 3 aromatic rings. The predicted octanol–water partition coefficient (Wildman–Crippen LogP) is 4.39. The number of rotatable bonds is 7. The molecule has 166 valence electrons. The van der Waals surface area contributed by atoms with Gasteiger partial charge in [-0.15, -0.1) is 5.10 Å². The Kier molecular flexibility index (Phi) is 5.88. The van der Waals surface area contributed by atoms with Gasteiger partial charge in [0.1, 0.15) is 18.0 Å². The number of nitrogens with one attached hydrogen (secondary N) is 2. The molecule has 2 saturated carbocycles. The first-order valence-electron chi connectivity index (χ1n) is 11.5. The van der Waals surface area contributed by atoms with E-state index in [0.717, 1.165) is 59.2 Å². The minimum Gasteiger partial charge on any atom is -0.395 e. The molecule has 0 spiro atoms. The number of fused-ring (bicyclic) bond motifs is 1. The van der Waals surface area contributed by atoms with E-state index in [9.17, 15) is 4.79 Å². The molecular weight excluding hydrogens is 402 g/mol. The summed E-state index contributed by atoms with van der Waals surface area (Å²) < 4.78 is 0. The second kappa shape index (κ2) is 9.10. The molecule has 2 aromatic heterocycles. The molecule has 2 aliphatic rings. The number of hydrogen-bond acceptors (Lipinski definition) is 5. The minimum atomic E-state index is -0.000941. The molecule has 1 amide bonds. The third-order valence-electron chi connectivity index (χ3n) is 6.57. The summed E-state index contributed by atoms with van der Waals surface area (Å²) in [5.74, 6) is 0.911. The van der Waals surface area contributed by atoms with Gasteiger partial charge in [0.2, 0.25) is 0 Å². The summed E-state index contributed by atoms with van der Waals surface area (Å²) in [6, 6.07) is 11.9. The highest BCUT2D eigenvalue weighted by Gasteiger charge is 2.29. The highest BCUT2D eigenvalue weighted by molar-refractivity contribution is 6.08. The Morgan fingerprint density at radius 3 is 2.69 bits per heavy atom. The van der Waals surface area contributed by atoms with E-state index in [1.165, 1.54) is 12.8 Å². The van der Waals surface area contributed by atoms with Crippen molar-refractivity contribution in [2.45, 2.75) is 51.5 Å². The van der Waals surface area contributed by atoms with Crippen molar-refractivity contribution in [3.63, 3.8) is 0 Å². The third kappa shape index (κ3) is 4.52. The molecule has 0 unspecified atom stereocenters. The molecule has 0 radical (unpaired) electrons. The number of amides is 1. The standard InChI is InChI=1S/C25H29N5O2/c1-16-23(20-5-2-3-6-21(20)27-16)25(31)28-19-12-10-18(11-13-19)24(22-7-4-14-26-29-22)30-32-15-17-8-9-17/h2-7,14,17-19,27H,8-13,15H2,1H3,(H,28,31)/b30-24-. The first-order chi connectivity index (χ1) is 15.7. The van der Waals surface area contributed by atoms with Crippen molar-refractivity contribution in [1.82, 2.24) is 20.5 Å². The van der Waals surface area contributed by atoms with Crippen LogP contribution in [0.25, 0.3) is 10.9 Å². The van der Waals surface area contributed by atoms with Gasteiger partial charge in [-0.25, -0.2) is 0 Å². The van der Waals surface area contributed by atoms with Gasteiger partial charge < -0.3 is 15.1 Å². The van der Waals surface area contributed by atoms with Crippen molar-refractivity contribution in [3.05, 3.63) is 59.5 Å². The van der Waals surface area contributed by atoms with E-state index < -0.39 is 0 Å². The number of aromatic nitrogens is 3. The van der Waals surface area contributed by atoms with Crippen LogP contribution in [0.3, 0.4) is 0 Å². The van der Waals surface area contributed by atoms with Crippen LogP contribution in [-0.2, 0) is 4.84 Å². The van der Waals surface area contributed by atoms with Crippen molar-refractivity contribution in [2.24, 2.45) is 17.0 Å². The van der Waals surface area contributed by atoms with Gasteiger partial charge in [-0.1, -0.05) is 23.4 Å². The average Bonchev–Trinajstić information content (AvgIpc) is 3.57. The number of aryl methyl sites for hydroxylation is 1. The fraction of sp³-hybridized carbons (Fsp3) is 0.440. The Labute approximate surface area is 187 Å². The van der Waals surface area contributed by atoms with Gasteiger partial charge in [-0.3, -0.25) is 4.79 Å². The van der Waals surface area contributed by atoms with E-state index in [1.807, 2.05) is 43.3 Å². The van der Waals surface area contributed by atoms with E-state index in [4.69, 9.17) is 4.84 Å². The smallest absolute Gasteiger partial charge is 0.253 e. The van der Waals surface area contributed by atoms with Crippen LogP contribution in [0.4, 0.5) is 0 Å². The molecule has 1 aromatic carbocycles. The molecule has 0 bridgehead atoms. The first-order valence-corrected chi connectivity index (χ1v) is 11.5. The van der Waals surface area contributed by atoms with E-state index in [-0.39, 0.29) is 17.9 Å². The van der Waals surface area contributed by atoms with Gasteiger partial charge in [0.25, 0.3) is 5.91 Å². The highest BCUT2D eigenvalue weighted by Crippen LogP contribution is 2.31. The Hall–Kier alpha value is -3.22. The molecular formula is C25H29N5O2. The lowest BCUT2D eigenvalue weighted by Crippen LogP contribution is -2.39. The Morgan fingerprint density at radius 2 is 1.94 bits per heavy atom. The van der Waals surface area contributed by atoms with Crippen molar-refractivity contribution in [2.75, 3.05) is 6.61 Å². The average molecular weight is 432 g/mol. The van der Waals surface area contributed by atoms with Crippen LogP contribution in [0.15, 0.2) is 47.8 Å². The maximum absolute atomic E-state index is 13.1. The second-order valence-corrected chi connectivity index (χ2v) is 9.02. The molecule has 2 aliphatic carbocycles. The number of nitrogens with zero attached hydrogens (tertiary/aromatic N) is 3. The number of aromatic amines is 1. The van der Waals surface area contributed by atoms with Crippen LogP contribution in [0, 0.1) is 18.8 Å². The summed E-state index contributed by atoms with van der Waals surface area (Å²) in [5.41, 5.74) is 4.32.